The molecule has 5 aromatic rings. The zero-order valence-corrected chi connectivity index (χ0v) is 33.3. The van der Waals surface area contributed by atoms with Crippen molar-refractivity contribution in [2.45, 2.75) is 44.2 Å². The van der Waals surface area contributed by atoms with E-state index in [4.69, 9.17) is 23.7 Å². The van der Waals surface area contributed by atoms with E-state index >= 15 is 0 Å². The number of nitrogens with one attached hydrogen (secondary N) is 1. The summed E-state index contributed by atoms with van der Waals surface area (Å²) in [6.45, 7) is 2.45. The lowest BCUT2D eigenvalue weighted by atomic mass is 9.87. The molecule has 4 heterocycles. The van der Waals surface area contributed by atoms with Crippen molar-refractivity contribution in [3.8, 4) is 40.2 Å². The molecule has 9 rings (SSSR count). The van der Waals surface area contributed by atoms with Gasteiger partial charge in [0.15, 0.2) is 23.0 Å². The molecular weight excluding hydrogens is 737 g/mol. The predicted octanol–water partition coefficient (Wildman–Crippen LogP) is 8.25. The van der Waals surface area contributed by atoms with E-state index in [9.17, 15) is 14.9 Å². The smallest absolute Gasteiger partial charge is 0.270 e. The maximum Gasteiger partial charge on any atom is 0.270 e. The number of carbonyl (C=O) groups is 1. The fraction of sp³-hybridized carbons (Fsp3) is 0.326. The Labute approximate surface area is 338 Å². The molecule has 58 heavy (non-hydrogen) atoms. The lowest BCUT2D eigenvalue weighted by Crippen LogP contribution is -2.34. The van der Waals surface area contributed by atoms with Crippen LogP contribution in [0.3, 0.4) is 0 Å². The average molecular weight is 785 g/mol. The first-order chi connectivity index (χ1) is 28.2. The molecular formula is C46H48N4O8. The molecule has 6 bridgehead atoms. The summed E-state index contributed by atoms with van der Waals surface area (Å²) in [7, 11) is 7.66. The zero-order chi connectivity index (χ0) is 40.3. The van der Waals surface area contributed by atoms with Crippen molar-refractivity contribution in [1.82, 2.24) is 15.1 Å². The molecule has 0 spiro atoms. The van der Waals surface area contributed by atoms with Crippen molar-refractivity contribution in [3.63, 3.8) is 0 Å². The van der Waals surface area contributed by atoms with Crippen molar-refractivity contribution in [2.75, 3.05) is 54.6 Å². The number of fused-ring (bicyclic) bond motifs is 2. The van der Waals surface area contributed by atoms with Gasteiger partial charge in [-0.25, -0.2) is 0 Å². The van der Waals surface area contributed by atoms with Gasteiger partial charge < -0.3 is 29.0 Å². The normalized spacial score (nSPS) is 17.4. The largest absolute Gasteiger partial charge is 0.493 e. The van der Waals surface area contributed by atoms with Crippen LogP contribution in [0.1, 0.15) is 62.2 Å². The molecule has 1 N–H and O–H groups in total. The number of nitro groups is 1. The third-order valence-electron chi connectivity index (χ3n) is 11.5. The van der Waals surface area contributed by atoms with Crippen molar-refractivity contribution in [3.05, 3.63) is 140 Å². The van der Waals surface area contributed by atoms with Gasteiger partial charge >= 0.3 is 0 Å². The number of nitro benzene ring substituents is 1. The molecule has 4 aliphatic rings. The van der Waals surface area contributed by atoms with Crippen LogP contribution in [0.5, 0.6) is 40.2 Å². The second kappa shape index (κ2) is 16.8. The van der Waals surface area contributed by atoms with E-state index in [2.05, 4.69) is 71.7 Å². The first kappa shape index (κ1) is 38.7. The maximum absolute atomic E-state index is 12.7. The summed E-state index contributed by atoms with van der Waals surface area (Å²) in [5, 5.41) is 14.0. The van der Waals surface area contributed by atoms with E-state index in [1.54, 1.807) is 20.3 Å². The van der Waals surface area contributed by atoms with E-state index in [-0.39, 0.29) is 29.2 Å². The number of amides is 1. The lowest BCUT2D eigenvalue weighted by molar-refractivity contribution is -0.384. The Balaban J connectivity index is 1.12. The van der Waals surface area contributed by atoms with Crippen LogP contribution in [0.4, 0.5) is 5.69 Å². The van der Waals surface area contributed by atoms with Crippen molar-refractivity contribution in [1.29, 1.82) is 0 Å². The molecule has 2 atom stereocenters. The summed E-state index contributed by atoms with van der Waals surface area (Å²) >= 11 is 0. The quantitative estimate of drug-likeness (QED) is 0.0888. The second-order valence-corrected chi connectivity index (χ2v) is 15.2. The maximum atomic E-state index is 12.7. The molecule has 0 fully saturated rings. The van der Waals surface area contributed by atoms with Crippen LogP contribution in [-0.4, -0.2) is 75.2 Å². The average Bonchev–Trinajstić information content (AvgIpc) is 3.23. The molecule has 5 aromatic carbocycles. The number of hydrogen-bond acceptors (Lipinski definition) is 10. The van der Waals surface area contributed by atoms with Gasteiger partial charge in [0, 0.05) is 55.0 Å². The molecule has 12 nitrogen and oxygen atoms in total. The lowest BCUT2D eigenvalue weighted by Gasteiger charge is -2.37. The van der Waals surface area contributed by atoms with Gasteiger partial charge in [-0.15, -0.1) is 0 Å². The van der Waals surface area contributed by atoms with Gasteiger partial charge in [0.2, 0.25) is 5.75 Å². The third kappa shape index (κ3) is 8.03. The van der Waals surface area contributed by atoms with Gasteiger partial charge in [-0.1, -0.05) is 30.3 Å². The van der Waals surface area contributed by atoms with Crippen molar-refractivity contribution >= 4 is 11.6 Å². The minimum Gasteiger partial charge on any atom is -0.493 e. The summed E-state index contributed by atoms with van der Waals surface area (Å²) in [5.74, 6) is 4.11. The Morgan fingerprint density at radius 3 is 2.33 bits per heavy atom. The van der Waals surface area contributed by atoms with Crippen LogP contribution in [0.25, 0.3) is 0 Å². The molecule has 0 saturated carbocycles. The predicted molar refractivity (Wildman–Crippen MR) is 220 cm³/mol. The minimum absolute atomic E-state index is 0.0532. The molecule has 1 amide bonds. The van der Waals surface area contributed by atoms with E-state index in [0.717, 1.165) is 54.8 Å². The van der Waals surface area contributed by atoms with Crippen LogP contribution in [0.2, 0.25) is 0 Å². The Morgan fingerprint density at radius 2 is 1.55 bits per heavy atom. The standard InChI is InChI=1S/C46H48N4O8/c1-48-20-17-31-12-15-36-28-37(31)38(48)23-29-9-13-35(14-10-29)57-41-25-30(24-39-43-32(18-21-49(39)2)27-42(54-3)44(55-4)45(43)58-36)11-16-40(41)56-22-6-19-47-46(51)33-7-5-8-34(26-33)50(52)53/h5,7-16,25-28,38-39H,6,17-24H2,1-4H3,(H,47,51)/t38-,39+/m0/s1. The number of methoxy groups -OCH3 is 2. The van der Waals surface area contributed by atoms with E-state index < -0.39 is 4.92 Å². The van der Waals surface area contributed by atoms with Crippen LogP contribution < -0.4 is 29.0 Å². The highest BCUT2D eigenvalue weighted by atomic mass is 16.6. The van der Waals surface area contributed by atoms with Gasteiger partial charge in [-0.3, -0.25) is 24.7 Å². The highest BCUT2D eigenvalue weighted by Gasteiger charge is 2.34. The van der Waals surface area contributed by atoms with Gasteiger partial charge in [0.25, 0.3) is 11.6 Å². The first-order valence-electron chi connectivity index (χ1n) is 19.7. The van der Waals surface area contributed by atoms with E-state index in [1.807, 2.05) is 24.3 Å². The van der Waals surface area contributed by atoms with Crippen LogP contribution in [0, 0.1) is 10.1 Å². The number of rotatable bonds is 9. The first-order valence-corrected chi connectivity index (χ1v) is 19.7. The number of hydrogen-bond donors (Lipinski definition) is 1. The summed E-state index contributed by atoms with van der Waals surface area (Å²) in [4.78, 5) is 28.1. The van der Waals surface area contributed by atoms with Crippen LogP contribution in [0.15, 0.2) is 91.0 Å². The van der Waals surface area contributed by atoms with Crippen molar-refractivity contribution < 1.29 is 33.4 Å². The van der Waals surface area contributed by atoms with Crippen LogP contribution in [-0.2, 0) is 25.7 Å². The monoisotopic (exact) mass is 784 g/mol. The number of non-ortho nitro benzene ring substituents is 1. The zero-order valence-electron chi connectivity index (χ0n) is 33.3. The molecule has 4 aliphatic heterocycles. The Kier molecular flexibility index (Phi) is 11.2. The molecule has 0 radical (unpaired) electrons. The van der Waals surface area contributed by atoms with Gasteiger partial charge in [0.05, 0.1) is 25.7 Å². The second-order valence-electron chi connectivity index (χ2n) is 15.2. The molecule has 300 valence electrons. The highest BCUT2D eigenvalue weighted by molar-refractivity contribution is 5.94. The molecule has 0 saturated heterocycles. The summed E-state index contributed by atoms with van der Waals surface area (Å²) in [5.41, 5.74) is 7.17. The van der Waals surface area contributed by atoms with Gasteiger partial charge in [-0.2, -0.15) is 0 Å². The van der Waals surface area contributed by atoms with Crippen LogP contribution >= 0.6 is 0 Å². The highest BCUT2D eigenvalue weighted by Crippen LogP contribution is 2.50. The number of benzene rings is 5. The number of ether oxygens (including phenoxy) is 5. The van der Waals surface area contributed by atoms with E-state index in [0.29, 0.717) is 60.5 Å². The fourth-order valence-corrected chi connectivity index (χ4v) is 8.34. The van der Waals surface area contributed by atoms with Gasteiger partial charge in [0.1, 0.15) is 11.5 Å². The molecule has 12 heteroatoms. The fourth-order valence-electron chi connectivity index (χ4n) is 8.34. The number of nitrogens with zero attached hydrogens (tertiary/aromatic N) is 3. The topological polar surface area (TPSA) is 125 Å². The molecule has 0 aliphatic carbocycles. The Hall–Kier alpha value is -6.11. The van der Waals surface area contributed by atoms with E-state index in [1.165, 1.54) is 34.9 Å². The Morgan fingerprint density at radius 1 is 0.810 bits per heavy atom. The SMILES string of the molecule is COc1cc2c3c(c1OC)Oc1ccc4c(c1)[C@H](Cc1ccc(cc1)Oc1cc(ccc1OCCCNC(=O)c1cccc([N+](=O)[O-])c1)C[C@H]3N(C)CC2)N(C)CC4. The number of likely N-dealkylation sites (N-methyl/N-ethyl adjacent to an activating group) is 2. The molecule has 0 aromatic heterocycles. The minimum atomic E-state index is -0.516. The number of carbonyl (C=O) groups excluding carboxylic acids is 1. The third-order valence-corrected chi connectivity index (χ3v) is 11.5. The van der Waals surface area contributed by atoms with Gasteiger partial charge in [-0.05, 0) is 123 Å². The summed E-state index contributed by atoms with van der Waals surface area (Å²) < 4.78 is 31.8. The van der Waals surface area contributed by atoms with Crippen molar-refractivity contribution in [2.24, 2.45) is 0 Å². The summed E-state index contributed by atoms with van der Waals surface area (Å²) in [6.07, 6.45) is 3.79. The Bertz CT molecular complexity index is 2330. The summed E-state index contributed by atoms with van der Waals surface area (Å²) in [6, 6.07) is 28.7. The molecule has 0 unspecified atom stereocenters.